The maximum Gasteiger partial charge on any atom is 0.326 e. The monoisotopic (exact) mass is 363 g/mol. The van der Waals surface area contributed by atoms with Gasteiger partial charge in [0.25, 0.3) is 0 Å². The molecule has 0 saturated heterocycles. The molecule has 7 nitrogen and oxygen atoms in total. The van der Waals surface area contributed by atoms with Crippen molar-refractivity contribution in [2.24, 2.45) is 5.73 Å². The molecule has 5 N–H and O–H groups in total. The number of ketones is 1. The third-order valence-corrected chi connectivity index (χ3v) is 4.99. The summed E-state index contributed by atoms with van der Waals surface area (Å²) >= 11 is 5.92. The highest BCUT2D eigenvalue weighted by atomic mass is 35.5. The lowest BCUT2D eigenvalue weighted by Crippen LogP contribution is -2.51. The topological polar surface area (TPSA) is 138 Å². The molecule has 2 unspecified atom stereocenters. The molecule has 0 fully saturated rings. The molecule has 0 amide bonds. The predicted molar refractivity (Wildman–Crippen MR) is 85.6 cm³/mol. The molecule has 0 aliphatic rings. The van der Waals surface area contributed by atoms with Crippen LogP contribution in [0.5, 0.6) is 0 Å². The van der Waals surface area contributed by atoms with Crippen molar-refractivity contribution in [3.63, 3.8) is 0 Å². The Morgan fingerprint density at radius 1 is 1.26 bits per heavy atom. The van der Waals surface area contributed by atoms with Crippen molar-refractivity contribution in [3.8, 4) is 0 Å². The molecule has 0 bridgehead atoms. The van der Waals surface area contributed by atoms with E-state index in [4.69, 9.17) is 22.4 Å². The molecule has 2 atom stereocenters. The van der Waals surface area contributed by atoms with Crippen molar-refractivity contribution in [2.75, 3.05) is 12.0 Å². The Morgan fingerprint density at radius 3 is 2.17 bits per heavy atom. The summed E-state index contributed by atoms with van der Waals surface area (Å²) in [6, 6.07) is 7.91. The van der Waals surface area contributed by atoms with E-state index in [1.165, 1.54) is 12.1 Å². The number of hydrogen-bond acceptors (Lipinski definition) is 4. The maximum absolute atomic E-state index is 12.7. The minimum Gasteiger partial charge on any atom is -0.480 e. The van der Waals surface area contributed by atoms with Gasteiger partial charge in [-0.2, -0.15) is 0 Å². The van der Waals surface area contributed by atoms with Crippen molar-refractivity contribution < 1.29 is 29.0 Å². The Labute approximate surface area is 138 Å². The van der Waals surface area contributed by atoms with Crippen LogP contribution in [0.3, 0.4) is 0 Å². The Balaban J connectivity index is 3.37. The van der Waals surface area contributed by atoms with E-state index in [1.807, 2.05) is 0 Å². The first-order chi connectivity index (χ1) is 10.4. The average molecular weight is 364 g/mol. The van der Waals surface area contributed by atoms with Gasteiger partial charge < -0.3 is 20.6 Å². The minimum absolute atomic E-state index is 0.310. The SMILES string of the molecule is CC(N)(CC(=O)C(CCl)(CP(=O)(O)O)c1ccccc1)C(=O)O. The Bertz CT molecular complexity index is 629. The molecule has 0 spiro atoms. The number of hydrogen-bond donors (Lipinski definition) is 4. The molecule has 23 heavy (non-hydrogen) atoms. The van der Waals surface area contributed by atoms with Gasteiger partial charge in [-0.15, -0.1) is 11.6 Å². The van der Waals surface area contributed by atoms with E-state index in [0.717, 1.165) is 6.92 Å². The molecular formula is C14H19ClNO6P. The number of aliphatic carboxylic acids is 1. The molecular weight excluding hydrogens is 345 g/mol. The number of carbonyl (C=O) groups is 2. The Kier molecular flexibility index (Phi) is 6.12. The molecule has 0 radical (unpaired) electrons. The number of benzene rings is 1. The highest BCUT2D eigenvalue weighted by Crippen LogP contribution is 2.45. The van der Waals surface area contributed by atoms with Crippen LogP contribution in [0.4, 0.5) is 0 Å². The summed E-state index contributed by atoms with van der Waals surface area (Å²) in [5.41, 5.74) is 2.33. The fourth-order valence-electron chi connectivity index (χ4n) is 2.22. The summed E-state index contributed by atoms with van der Waals surface area (Å²) in [4.78, 5) is 42.6. The van der Waals surface area contributed by atoms with Crippen molar-refractivity contribution in [3.05, 3.63) is 35.9 Å². The molecule has 1 aromatic rings. The van der Waals surface area contributed by atoms with Gasteiger partial charge in [0.05, 0.1) is 11.6 Å². The number of carboxylic acid groups (broad SMARTS) is 1. The molecule has 0 saturated carbocycles. The standard InChI is InChI=1S/C14H19ClNO6P/c1-13(16,12(18)19)7-11(17)14(8-15,9-23(20,21)22)10-5-3-2-4-6-10/h2-6H,7-9,16H2,1H3,(H,18,19)(H2,20,21,22). The van der Waals surface area contributed by atoms with Crippen LogP contribution < -0.4 is 5.73 Å². The Morgan fingerprint density at radius 2 is 1.78 bits per heavy atom. The molecule has 0 aliphatic heterocycles. The molecule has 1 aromatic carbocycles. The second-order valence-electron chi connectivity index (χ2n) is 5.73. The second kappa shape index (κ2) is 7.11. The fraction of sp³-hybridized carbons (Fsp3) is 0.429. The first-order valence-electron chi connectivity index (χ1n) is 6.66. The van der Waals surface area contributed by atoms with Gasteiger partial charge in [0.2, 0.25) is 0 Å². The normalized spacial score (nSPS) is 17.1. The molecule has 9 heteroatoms. The number of rotatable bonds is 8. The third-order valence-electron chi connectivity index (χ3n) is 3.58. The number of nitrogens with two attached hydrogens (primary N) is 1. The number of halogens is 1. The van der Waals surface area contributed by atoms with Crippen LogP contribution in [0, 0.1) is 0 Å². The van der Waals surface area contributed by atoms with E-state index in [1.54, 1.807) is 18.2 Å². The van der Waals surface area contributed by atoms with Gasteiger partial charge in [0, 0.05) is 12.3 Å². The highest BCUT2D eigenvalue weighted by molar-refractivity contribution is 7.51. The molecule has 1 rings (SSSR count). The highest BCUT2D eigenvalue weighted by Gasteiger charge is 2.47. The summed E-state index contributed by atoms with van der Waals surface area (Å²) in [6.45, 7) is 1.16. The number of carbonyl (C=O) groups excluding carboxylic acids is 1. The predicted octanol–water partition coefficient (Wildman–Crippen LogP) is 1.10. The molecule has 128 valence electrons. The van der Waals surface area contributed by atoms with Crippen molar-refractivity contribution >= 4 is 30.9 Å². The number of carboxylic acids is 1. The van der Waals surface area contributed by atoms with Crippen molar-refractivity contribution in [2.45, 2.75) is 24.3 Å². The lowest BCUT2D eigenvalue weighted by atomic mass is 9.76. The summed E-state index contributed by atoms with van der Waals surface area (Å²) in [5, 5.41) is 9.07. The van der Waals surface area contributed by atoms with E-state index < -0.39 is 48.8 Å². The van der Waals surface area contributed by atoms with Crippen LogP contribution in [0.15, 0.2) is 30.3 Å². The van der Waals surface area contributed by atoms with Gasteiger partial charge in [0.15, 0.2) is 0 Å². The quantitative estimate of drug-likeness (QED) is 0.400. The van der Waals surface area contributed by atoms with E-state index in [2.05, 4.69) is 0 Å². The first-order valence-corrected chi connectivity index (χ1v) is 8.99. The van der Waals surface area contributed by atoms with Crippen LogP contribution in [0.2, 0.25) is 0 Å². The summed E-state index contributed by atoms with van der Waals surface area (Å²) in [6.07, 6.45) is -1.42. The van der Waals surface area contributed by atoms with Gasteiger partial charge >= 0.3 is 13.6 Å². The molecule has 0 heterocycles. The summed E-state index contributed by atoms with van der Waals surface area (Å²) in [7, 11) is -4.61. The zero-order chi connectivity index (χ0) is 17.9. The zero-order valence-electron chi connectivity index (χ0n) is 12.5. The number of alkyl halides is 1. The largest absolute Gasteiger partial charge is 0.480 e. The third kappa shape index (κ3) is 4.86. The molecule has 0 aliphatic carbocycles. The van der Waals surface area contributed by atoms with E-state index >= 15 is 0 Å². The zero-order valence-corrected chi connectivity index (χ0v) is 14.1. The first kappa shape index (κ1) is 19.8. The van der Waals surface area contributed by atoms with Gasteiger partial charge in [-0.1, -0.05) is 30.3 Å². The summed E-state index contributed by atoms with van der Waals surface area (Å²) < 4.78 is 11.5. The van der Waals surface area contributed by atoms with Crippen LogP contribution >= 0.6 is 19.2 Å². The van der Waals surface area contributed by atoms with Crippen molar-refractivity contribution in [1.29, 1.82) is 0 Å². The fourth-order valence-corrected chi connectivity index (χ4v) is 3.93. The van der Waals surface area contributed by atoms with E-state index in [-0.39, 0.29) is 0 Å². The molecule has 0 aromatic heterocycles. The maximum atomic E-state index is 12.7. The van der Waals surface area contributed by atoms with Crippen LogP contribution in [0.1, 0.15) is 18.9 Å². The van der Waals surface area contributed by atoms with Gasteiger partial charge in [-0.3, -0.25) is 14.2 Å². The van der Waals surface area contributed by atoms with E-state index in [0.29, 0.717) is 5.56 Å². The van der Waals surface area contributed by atoms with Gasteiger partial charge in [-0.25, -0.2) is 0 Å². The minimum atomic E-state index is -4.61. The van der Waals surface area contributed by atoms with Crippen LogP contribution in [0.25, 0.3) is 0 Å². The Hall–Kier alpha value is -1.24. The lowest BCUT2D eigenvalue weighted by Gasteiger charge is -2.33. The summed E-state index contributed by atoms with van der Waals surface area (Å²) in [5.74, 6) is -2.52. The van der Waals surface area contributed by atoms with Crippen molar-refractivity contribution in [1.82, 2.24) is 0 Å². The lowest BCUT2D eigenvalue weighted by molar-refractivity contribution is -0.145. The number of Topliss-reactive ketones (excluding diaryl/α,β-unsaturated/α-hetero) is 1. The van der Waals surface area contributed by atoms with E-state index in [9.17, 15) is 23.9 Å². The van der Waals surface area contributed by atoms with Crippen LogP contribution in [-0.2, 0) is 19.6 Å². The van der Waals surface area contributed by atoms with Crippen LogP contribution in [-0.4, -0.2) is 44.2 Å². The second-order valence-corrected chi connectivity index (χ2v) is 7.64. The van der Waals surface area contributed by atoms with Gasteiger partial charge in [0.1, 0.15) is 11.3 Å². The average Bonchev–Trinajstić information content (AvgIpc) is 2.44. The van der Waals surface area contributed by atoms with Gasteiger partial charge in [-0.05, 0) is 12.5 Å². The smallest absolute Gasteiger partial charge is 0.326 e.